The van der Waals surface area contributed by atoms with Gasteiger partial charge in [0, 0.05) is 23.3 Å². The molecule has 0 aromatic heterocycles. The van der Waals surface area contributed by atoms with Crippen molar-refractivity contribution < 1.29 is 38.1 Å². The fourth-order valence-electron chi connectivity index (χ4n) is 2.15. The van der Waals surface area contributed by atoms with Crippen molar-refractivity contribution in [3.63, 3.8) is 0 Å². The molecule has 0 saturated carbocycles. The molecule has 0 saturated heterocycles. The molecule has 0 aliphatic carbocycles. The van der Waals surface area contributed by atoms with E-state index in [1.807, 2.05) is 0 Å². The molecule has 0 spiro atoms. The number of hydrogen-bond donors (Lipinski definition) is 0. The lowest BCUT2D eigenvalue weighted by molar-refractivity contribution is -0.140. The molecule has 0 rings (SSSR count). The van der Waals surface area contributed by atoms with Crippen LogP contribution in [-0.2, 0) is 38.1 Å². The Morgan fingerprint density at radius 2 is 0.794 bits per heavy atom. The monoisotopic (exact) mass is 480 g/mol. The van der Waals surface area contributed by atoms with Crippen LogP contribution in [-0.4, -0.2) is 50.3 Å². The van der Waals surface area contributed by atoms with E-state index in [2.05, 4.69) is 26.3 Å². The first-order chi connectivity index (χ1) is 16.1. The van der Waals surface area contributed by atoms with Gasteiger partial charge in [0.15, 0.2) is 0 Å². The molecule has 0 aliphatic rings. The molecule has 0 N–H and O–H groups in total. The minimum atomic E-state index is -0.389. The fraction of sp³-hybridized carbons (Fsp3) is 0.538. The average molecular weight is 481 g/mol. The van der Waals surface area contributed by atoms with Gasteiger partial charge in [-0.05, 0) is 65.2 Å². The van der Waals surface area contributed by atoms with E-state index in [9.17, 15) is 19.2 Å². The SMILES string of the molecule is C=C(C)C(=O)OCCCCCCOC(=O)C(=C)C.C=CC(=O)OCCCCCCOC(=O)C=C. The van der Waals surface area contributed by atoms with Crippen LogP contribution < -0.4 is 0 Å². The van der Waals surface area contributed by atoms with Gasteiger partial charge in [0.05, 0.1) is 26.4 Å². The van der Waals surface area contributed by atoms with E-state index in [1.54, 1.807) is 13.8 Å². The van der Waals surface area contributed by atoms with Crippen molar-refractivity contribution in [2.24, 2.45) is 0 Å². The number of ether oxygens (including phenoxy) is 4. The molecule has 8 heteroatoms. The molecule has 0 fully saturated rings. The summed E-state index contributed by atoms with van der Waals surface area (Å²) in [5.74, 6) is -1.46. The quantitative estimate of drug-likeness (QED) is 0.119. The second-order valence-electron chi connectivity index (χ2n) is 7.40. The molecule has 0 atom stereocenters. The molecular weight excluding hydrogens is 440 g/mol. The van der Waals surface area contributed by atoms with E-state index >= 15 is 0 Å². The minimum Gasteiger partial charge on any atom is -0.463 e. The first kappa shape index (κ1) is 33.0. The van der Waals surface area contributed by atoms with Gasteiger partial charge in [0.2, 0.25) is 0 Å². The summed E-state index contributed by atoms with van der Waals surface area (Å²) in [6, 6.07) is 0. The van der Waals surface area contributed by atoms with E-state index in [0.29, 0.717) is 37.6 Å². The van der Waals surface area contributed by atoms with Crippen LogP contribution >= 0.6 is 0 Å². The van der Waals surface area contributed by atoms with Crippen LogP contribution in [0.25, 0.3) is 0 Å². The zero-order valence-corrected chi connectivity index (χ0v) is 20.7. The molecule has 0 aromatic carbocycles. The highest BCUT2D eigenvalue weighted by Crippen LogP contribution is 2.03. The van der Waals surface area contributed by atoms with Gasteiger partial charge >= 0.3 is 23.9 Å². The highest BCUT2D eigenvalue weighted by atomic mass is 16.5. The van der Waals surface area contributed by atoms with E-state index in [-0.39, 0.29) is 23.9 Å². The second-order valence-corrected chi connectivity index (χ2v) is 7.40. The third-order valence-electron chi connectivity index (χ3n) is 4.06. The Morgan fingerprint density at radius 3 is 1.03 bits per heavy atom. The Balaban J connectivity index is 0. The summed E-state index contributed by atoms with van der Waals surface area (Å²) in [6.07, 6.45) is 9.31. The summed E-state index contributed by atoms with van der Waals surface area (Å²) in [6.45, 7) is 18.5. The van der Waals surface area contributed by atoms with Gasteiger partial charge in [-0.3, -0.25) is 0 Å². The summed E-state index contributed by atoms with van der Waals surface area (Å²) in [5.41, 5.74) is 0.836. The molecular formula is C26H40O8. The Morgan fingerprint density at radius 1 is 0.529 bits per heavy atom. The predicted octanol–water partition coefficient (Wildman–Crippen LogP) is 4.79. The molecule has 34 heavy (non-hydrogen) atoms. The van der Waals surface area contributed by atoms with Crippen LogP contribution in [0.2, 0.25) is 0 Å². The highest BCUT2D eigenvalue weighted by Gasteiger charge is 2.03. The Kier molecular flexibility index (Phi) is 22.3. The third-order valence-corrected chi connectivity index (χ3v) is 4.06. The zero-order chi connectivity index (χ0) is 26.2. The Labute approximate surface area is 203 Å². The van der Waals surface area contributed by atoms with Gasteiger partial charge in [-0.2, -0.15) is 0 Å². The maximum Gasteiger partial charge on any atom is 0.333 e. The molecule has 0 amide bonds. The van der Waals surface area contributed by atoms with Crippen molar-refractivity contribution in [2.75, 3.05) is 26.4 Å². The molecule has 8 nitrogen and oxygen atoms in total. The summed E-state index contributed by atoms with van der Waals surface area (Å²) >= 11 is 0. The number of unbranched alkanes of at least 4 members (excludes halogenated alkanes) is 6. The molecule has 0 aromatic rings. The van der Waals surface area contributed by atoms with Gasteiger partial charge in [-0.1, -0.05) is 26.3 Å². The van der Waals surface area contributed by atoms with Crippen LogP contribution in [0.1, 0.15) is 65.2 Å². The fourth-order valence-corrected chi connectivity index (χ4v) is 2.15. The maximum atomic E-state index is 11.0. The van der Waals surface area contributed by atoms with Crippen molar-refractivity contribution in [2.45, 2.75) is 65.2 Å². The van der Waals surface area contributed by atoms with Crippen molar-refractivity contribution >= 4 is 23.9 Å². The minimum absolute atomic E-state index is 0.342. The van der Waals surface area contributed by atoms with Crippen molar-refractivity contribution in [1.29, 1.82) is 0 Å². The Hall–Kier alpha value is -3.16. The summed E-state index contributed by atoms with van der Waals surface area (Å²) in [5, 5.41) is 0. The molecule has 0 aliphatic heterocycles. The van der Waals surface area contributed by atoms with Crippen LogP contribution in [0.3, 0.4) is 0 Å². The third kappa shape index (κ3) is 23.5. The summed E-state index contributed by atoms with van der Waals surface area (Å²) in [4.78, 5) is 43.4. The van der Waals surface area contributed by atoms with E-state index in [1.165, 1.54) is 0 Å². The van der Waals surface area contributed by atoms with Gasteiger partial charge in [-0.25, -0.2) is 19.2 Å². The first-order valence-corrected chi connectivity index (χ1v) is 11.4. The zero-order valence-electron chi connectivity index (χ0n) is 20.7. The molecule has 0 radical (unpaired) electrons. The van der Waals surface area contributed by atoms with Gasteiger partial charge in [0.1, 0.15) is 0 Å². The Bertz CT molecular complexity index is 620. The average Bonchev–Trinajstić information content (AvgIpc) is 2.81. The lowest BCUT2D eigenvalue weighted by Gasteiger charge is -2.05. The maximum absolute atomic E-state index is 11.0. The number of esters is 4. The van der Waals surface area contributed by atoms with Crippen molar-refractivity contribution in [1.82, 2.24) is 0 Å². The first-order valence-electron chi connectivity index (χ1n) is 11.4. The molecule has 0 bridgehead atoms. The smallest absolute Gasteiger partial charge is 0.333 e. The van der Waals surface area contributed by atoms with Crippen molar-refractivity contribution in [3.8, 4) is 0 Å². The normalized spacial score (nSPS) is 9.47. The van der Waals surface area contributed by atoms with Crippen LogP contribution in [0.4, 0.5) is 0 Å². The number of hydrogen-bond acceptors (Lipinski definition) is 8. The molecule has 192 valence electrons. The van der Waals surface area contributed by atoms with E-state index < -0.39 is 0 Å². The van der Waals surface area contributed by atoms with Gasteiger partial charge in [-0.15, -0.1) is 0 Å². The number of rotatable bonds is 18. The number of carbonyl (C=O) groups excluding carboxylic acids is 4. The van der Waals surface area contributed by atoms with Gasteiger partial charge in [0.25, 0.3) is 0 Å². The van der Waals surface area contributed by atoms with Crippen LogP contribution in [0.15, 0.2) is 49.6 Å². The second kappa shape index (κ2) is 23.0. The van der Waals surface area contributed by atoms with E-state index in [0.717, 1.165) is 63.5 Å². The largest absolute Gasteiger partial charge is 0.463 e. The van der Waals surface area contributed by atoms with Crippen LogP contribution in [0, 0.1) is 0 Å². The standard InChI is InChI=1S/C14H22O4.C12H18O4/c1-11(2)13(15)17-9-7-5-6-8-10-18-14(16)12(3)4;1-3-11(13)15-9-7-5-6-8-10-16-12(14)4-2/h1,3,5-10H2,2,4H3;3-4H,1-2,5-10H2. The summed E-state index contributed by atoms with van der Waals surface area (Å²) in [7, 11) is 0. The summed E-state index contributed by atoms with van der Waals surface area (Å²) < 4.78 is 19.5. The lowest BCUT2D eigenvalue weighted by atomic mass is 10.2. The lowest BCUT2D eigenvalue weighted by Crippen LogP contribution is -2.07. The molecule has 0 heterocycles. The van der Waals surface area contributed by atoms with Crippen LogP contribution in [0.5, 0.6) is 0 Å². The van der Waals surface area contributed by atoms with Crippen molar-refractivity contribution in [3.05, 3.63) is 49.6 Å². The topological polar surface area (TPSA) is 105 Å². The predicted molar refractivity (Wildman–Crippen MR) is 131 cm³/mol. The molecule has 0 unspecified atom stereocenters. The van der Waals surface area contributed by atoms with E-state index in [4.69, 9.17) is 18.9 Å². The van der Waals surface area contributed by atoms with Gasteiger partial charge < -0.3 is 18.9 Å². The highest BCUT2D eigenvalue weighted by molar-refractivity contribution is 5.87. The number of carbonyl (C=O) groups is 4.